The third kappa shape index (κ3) is 6.84. The summed E-state index contributed by atoms with van der Waals surface area (Å²) in [5.41, 5.74) is 1.36. The SMILES string of the molecule is CCOc1cc(/C=C(\C#N)C(=O)Nc2ccc([N+](=O)[O-])cc2OC)ccc1OCc1ccc(Br)cc1. The van der Waals surface area contributed by atoms with Crippen LogP contribution in [-0.4, -0.2) is 24.5 Å². The predicted octanol–water partition coefficient (Wildman–Crippen LogP) is 5.89. The van der Waals surface area contributed by atoms with E-state index in [1.54, 1.807) is 18.2 Å². The molecule has 3 aromatic rings. The maximum absolute atomic E-state index is 12.7. The first-order chi connectivity index (χ1) is 17.3. The van der Waals surface area contributed by atoms with E-state index in [2.05, 4.69) is 21.2 Å². The molecule has 0 aliphatic rings. The number of nitrogens with zero attached hydrogens (tertiary/aromatic N) is 2. The first kappa shape index (κ1) is 26.2. The predicted molar refractivity (Wildman–Crippen MR) is 138 cm³/mol. The minimum Gasteiger partial charge on any atom is -0.494 e. The monoisotopic (exact) mass is 551 g/mol. The summed E-state index contributed by atoms with van der Waals surface area (Å²) in [4.78, 5) is 23.1. The standard InChI is InChI=1S/C26H22BrN3O6/c1-3-35-25-13-18(6-11-23(25)36-16-17-4-7-20(27)8-5-17)12-19(15-28)26(31)29-22-10-9-21(30(32)33)14-24(22)34-2/h4-14H,3,16H2,1-2H3,(H,29,31)/b19-12+. The number of hydrogen-bond donors (Lipinski definition) is 1. The Labute approximate surface area is 216 Å². The van der Waals surface area contributed by atoms with Crippen LogP contribution in [0.5, 0.6) is 17.2 Å². The number of nitrogens with one attached hydrogen (secondary N) is 1. The van der Waals surface area contributed by atoms with Crippen LogP contribution in [-0.2, 0) is 11.4 Å². The van der Waals surface area contributed by atoms with Gasteiger partial charge >= 0.3 is 0 Å². The summed E-state index contributed by atoms with van der Waals surface area (Å²) in [7, 11) is 1.32. The smallest absolute Gasteiger partial charge is 0.273 e. The number of ether oxygens (including phenoxy) is 3. The number of non-ortho nitro benzene ring substituents is 1. The number of anilines is 1. The number of nitro groups is 1. The van der Waals surface area contributed by atoms with Gasteiger partial charge in [0, 0.05) is 10.5 Å². The van der Waals surface area contributed by atoms with Crippen molar-refractivity contribution < 1.29 is 23.9 Å². The van der Waals surface area contributed by atoms with E-state index in [0.717, 1.165) is 10.0 Å². The molecule has 0 saturated carbocycles. The number of halogens is 1. The highest BCUT2D eigenvalue weighted by atomic mass is 79.9. The molecule has 9 nitrogen and oxygen atoms in total. The maximum atomic E-state index is 12.7. The summed E-state index contributed by atoms with van der Waals surface area (Å²) in [6.07, 6.45) is 1.41. The van der Waals surface area contributed by atoms with Gasteiger partial charge in [0.25, 0.3) is 11.6 Å². The van der Waals surface area contributed by atoms with Crippen LogP contribution >= 0.6 is 15.9 Å². The van der Waals surface area contributed by atoms with Crippen molar-refractivity contribution in [2.45, 2.75) is 13.5 Å². The Kier molecular flexibility index (Phi) is 9.02. The van der Waals surface area contributed by atoms with Gasteiger partial charge in [-0.05, 0) is 54.5 Å². The number of nitriles is 1. The highest BCUT2D eigenvalue weighted by Gasteiger charge is 2.16. The summed E-state index contributed by atoms with van der Waals surface area (Å²) in [6, 6.07) is 18.5. The molecule has 36 heavy (non-hydrogen) atoms. The number of carbonyl (C=O) groups excluding carboxylic acids is 1. The van der Waals surface area contributed by atoms with Gasteiger partial charge in [-0.1, -0.05) is 34.1 Å². The number of hydrogen-bond acceptors (Lipinski definition) is 7. The zero-order chi connectivity index (χ0) is 26.1. The summed E-state index contributed by atoms with van der Waals surface area (Å²) < 4.78 is 17.7. The highest BCUT2D eigenvalue weighted by molar-refractivity contribution is 9.10. The molecule has 10 heteroatoms. The largest absolute Gasteiger partial charge is 0.494 e. The van der Waals surface area contributed by atoms with Crippen molar-refractivity contribution in [2.24, 2.45) is 0 Å². The molecule has 0 aliphatic heterocycles. The fourth-order valence-electron chi connectivity index (χ4n) is 3.15. The van der Waals surface area contributed by atoms with Crippen molar-refractivity contribution in [1.82, 2.24) is 0 Å². The van der Waals surface area contributed by atoms with Gasteiger partial charge in [-0.3, -0.25) is 14.9 Å². The Morgan fingerprint density at radius 1 is 1.08 bits per heavy atom. The number of carbonyl (C=O) groups is 1. The number of rotatable bonds is 10. The molecular formula is C26H22BrN3O6. The van der Waals surface area contributed by atoms with Crippen LogP contribution in [0, 0.1) is 21.4 Å². The van der Waals surface area contributed by atoms with Gasteiger partial charge < -0.3 is 19.5 Å². The van der Waals surface area contributed by atoms with Crippen LogP contribution in [0.3, 0.4) is 0 Å². The van der Waals surface area contributed by atoms with Crippen LogP contribution in [0.25, 0.3) is 6.08 Å². The molecule has 0 bridgehead atoms. The van der Waals surface area contributed by atoms with E-state index in [9.17, 15) is 20.2 Å². The molecule has 0 spiro atoms. The van der Waals surface area contributed by atoms with Gasteiger partial charge in [0.15, 0.2) is 11.5 Å². The van der Waals surface area contributed by atoms with Crippen molar-refractivity contribution in [2.75, 3.05) is 19.0 Å². The van der Waals surface area contributed by atoms with Crippen LogP contribution in [0.4, 0.5) is 11.4 Å². The maximum Gasteiger partial charge on any atom is 0.273 e. The van der Waals surface area contributed by atoms with E-state index in [-0.39, 0.29) is 22.7 Å². The van der Waals surface area contributed by atoms with E-state index in [1.165, 1.54) is 31.4 Å². The number of amides is 1. The lowest BCUT2D eigenvalue weighted by Crippen LogP contribution is -2.14. The first-order valence-electron chi connectivity index (χ1n) is 10.7. The average molecular weight is 552 g/mol. The minimum absolute atomic E-state index is 0.0979. The van der Waals surface area contributed by atoms with Crippen molar-refractivity contribution >= 4 is 39.3 Å². The number of benzene rings is 3. The van der Waals surface area contributed by atoms with Crippen LogP contribution in [0.2, 0.25) is 0 Å². The quantitative estimate of drug-likeness (QED) is 0.144. The van der Waals surface area contributed by atoms with Gasteiger partial charge in [-0.25, -0.2) is 0 Å². The van der Waals surface area contributed by atoms with Crippen molar-refractivity contribution in [1.29, 1.82) is 5.26 Å². The second-order valence-electron chi connectivity index (χ2n) is 7.32. The van der Waals surface area contributed by atoms with Crippen LogP contribution < -0.4 is 19.5 Å². The Hall–Kier alpha value is -4.36. The van der Waals surface area contributed by atoms with Gasteiger partial charge in [0.1, 0.15) is 24.0 Å². The lowest BCUT2D eigenvalue weighted by Gasteiger charge is -2.13. The molecule has 1 amide bonds. The summed E-state index contributed by atoms with van der Waals surface area (Å²) >= 11 is 3.40. The molecule has 0 aliphatic carbocycles. The zero-order valence-corrected chi connectivity index (χ0v) is 21.1. The third-order valence-electron chi connectivity index (χ3n) is 4.90. The van der Waals surface area contributed by atoms with E-state index < -0.39 is 10.8 Å². The molecule has 0 atom stereocenters. The summed E-state index contributed by atoms with van der Waals surface area (Å²) in [5.74, 6) is 0.396. The Balaban J connectivity index is 1.80. The molecule has 3 rings (SSSR count). The van der Waals surface area contributed by atoms with E-state index in [0.29, 0.717) is 30.3 Å². The second kappa shape index (κ2) is 12.4. The van der Waals surface area contributed by atoms with Gasteiger partial charge in [-0.15, -0.1) is 0 Å². The molecule has 0 heterocycles. The van der Waals surface area contributed by atoms with E-state index in [1.807, 2.05) is 37.3 Å². The Morgan fingerprint density at radius 2 is 1.83 bits per heavy atom. The lowest BCUT2D eigenvalue weighted by atomic mass is 10.1. The normalized spacial score (nSPS) is 10.8. The molecule has 1 N–H and O–H groups in total. The number of methoxy groups -OCH3 is 1. The van der Waals surface area contributed by atoms with Crippen molar-refractivity contribution in [3.63, 3.8) is 0 Å². The molecule has 3 aromatic carbocycles. The molecule has 0 fully saturated rings. The average Bonchev–Trinajstić information content (AvgIpc) is 2.87. The Bertz CT molecular complexity index is 1330. The zero-order valence-electron chi connectivity index (χ0n) is 19.5. The van der Waals surface area contributed by atoms with Crippen molar-refractivity contribution in [3.05, 3.63) is 92.0 Å². The molecule has 0 radical (unpaired) electrons. The molecule has 0 unspecified atom stereocenters. The first-order valence-corrected chi connectivity index (χ1v) is 11.5. The van der Waals surface area contributed by atoms with E-state index in [4.69, 9.17) is 14.2 Å². The third-order valence-corrected chi connectivity index (χ3v) is 5.42. The topological polar surface area (TPSA) is 124 Å². The molecule has 184 valence electrons. The fourth-order valence-corrected chi connectivity index (χ4v) is 3.41. The summed E-state index contributed by atoms with van der Waals surface area (Å²) in [6.45, 7) is 2.57. The minimum atomic E-state index is -0.696. The Morgan fingerprint density at radius 3 is 2.47 bits per heavy atom. The van der Waals surface area contributed by atoms with Gasteiger partial charge in [-0.2, -0.15) is 5.26 Å². The molecule has 0 saturated heterocycles. The van der Waals surface area contributed by atoms with Crippen molar-refractivity contribution in [3.8, 4) is 23.3 Å². The van der Waals surface area contributed by atoms with E-state index >= 15 is 0 Å². The fraction of sp³-hybridized carbons (Fsp3) is 0.154. The summed E-state index contributed by atoms with van der Waals surface area (Å²) in [5, 5.41) is 23.1. The second-order valence-corrected chi connectivity index (χ2v) is 8.24. The van der Waals surface area contributed by atoms with Crippen LogP contribution in [0.15, 0.2) is 70.7 Å². The van der Waals surface area contributed by atoms with Crippen LogP contribution in [0.1, 0.15) is 18.1 Å². The molecule has 0 aromatic heterocycles. The molecular weight excluding hydrogens is 530 g/mol. The number of nitro benzene ring substituents is 1. The van der Waals surface area contributed by atoms with Gasteiger partial charge in [0.2, 0.25) is 0 Å². The lowest BCUT2D eigenvalue weighted by molar-refractivity contribution is -0.384. The highest BCUT2D eigenvalue weighted by Crippen LogP contribution is 2.31. The van der Waals surface area contributed by atoms with Gasteiger partial charge in [0.05, 0.1) is 30.4 Å².